The summed E-state index contributed by atoms with van der Waals surface area (Å²) in [5.74, 6) is 0. The van der Waals surface area contributed by atoms with Gasteiger partial charge in [0.05, 0.1) is 0 Å². The van der Waals surface area contributed by atoms with Crippen LogP contribution in [-0.2, 0) is 15.4 Å². The molecule has 0 aliphatic heterocycles. The highest BCUT2D eigenvalue weighted by Gasteiger charge is 2.22. The number of pyridine rings is 1. The largest absolute Gasteiger partial charge is 0.224 e. The number of hydrogen-bond acceptors (Lipinski definition) is 2. The third kappa shape index (κ3) is 2.54. The van der Waals surface area contributed by atoms with Gasteiger partial charge in [-0.2, -0.15) is 4.57 Å². The average molecular weight is 214 g/mol. The SMILES string of the molecule is CC(C)(C)[n+]1cccc(S(C)(=O)=O)c1. The van der Waals surface area contributed by atoms with Crippen LogP contribution >= 0.6 is 0 Å². The summed E-state index contributed by atoms with van der Waals surface area (Å²) >= 11 is 0. The van der Waals surface area contributed by atoms with Gasteiger partial charge in [0.25, 0.3) is 0 Å². The Bertz CT molecular complexity index is 430. The Kier molecular flexibility index (Phi) is 2.67. The maximum absolute atomic E-state index is 11.3. The number of aromatic nitrogens is 1. The lowest BCUT2D eigenvalue weighted by Gasteiger charge is -2.12. The van der Waals surface area contributed by atoms with Gasteiger partial charge < -0.3 is 0 Å². The van der Waals surface area contributed by atoms with Crippen LogP contribution in [0, 0.1) is 0 Å². The number of sulfone groups is 1. The highest BCUT2D eigenvalue weighted by molar-refractivity contribution is 7.90. The van der Waals surface area contributed by atoms with Crippen molar-refractivity contribution < 1.29 is 13.0 Å². The van der Waals surface area contributed by atoms with Crippen LogP contribution in [0.2, 0.25) is 0 Å². The van der Waals surface area contributed by atoms with Crippen molar-refractivity contribution in [2.75, 3.05) is 6.26 Å². The summed E-state index contributed by atoms with van der Waals surface area (Å²) in [7, 11) is -3.11. The molecule has 4 heteroatoms. The van der Waals surface area contributed by atoms with E-state index in [2.05, 4.69) is 0 Å². The second-order valence-corrected chi connectivity index (χ2v) is 6.41. The van der Waals surface area contributed by atoms with Crippen LogP contribution < -0.4 is 4.57 Å². The molecule has 0 fully saturated rings. The first-order valence-corrected chi connectivity index (χ1v) is 6.32. The maximum Gasteiger partial charge on any atom is 0.187 e. The number of nitrogens with zero attached hydrogens (tertiary/aromatic N) is 1. The quantitative estimate of drug-likeness (QED) is 0.657. The van der Waals surface area contributed by atoms with Gasteiger partial charge in [-0.25, -0.2) is 8.42 Å². The van der Waals surface area contributed by atoms with E-state index in [-0.39, 0.29) is 5.54 Å². The van der Waals surface area contributed by atoms with E-state index in [1.807, 2.05) is 31.5 Å². The van der Waals surface area contributed by atoms with Crippen LogP contribution in [0.1, 0.15) is 20.8 Å². The van der Waals surface area contributed by atoms with Crippen molar-refractivity contribution in [2.45, 2.75) is 31.2 Å². The Balaban J connectivity index is 3.29. The van der Waals surface area contributed by atoms with E-state index in [0.717, 1.165) is 0 Å². The van der Waals surface area contributed by atoms with Gasteiger partial charge in [-0.15, -0.1) is 0 Å². The van der Waals surface area contributed by atoms with Crippen LogP contribution in [-0.4, -0.2) is 14.7 Å². The zero-order valence-electron chi connectivity index (χ0n) is 8.98. The minimum absolute atomic E-state index is 0.0965. The molecular weight excluding hydrogens is 198 g/mol. The summed E-state index contributed by atoms with van der Waals surface area (Å²) in [5.41, 5.74) is -0.0965. The molecule has 0 aromatic carbocycles. The molecular formula is C10H16NO2S+. The van der Waals surface area contributed by atoms with Crippen molar-refractivity contribution in [3.05, 3.63) is 24.5 Å². The Morgan fingerprint density at radius 1 is 1.29 bits per heavy atom. The summed E-state index contributed by atoms with van der Waals surface area (Å²) in [5, 5.41) is 0. The Morgan fingerprint density at radius 3 is 2.29 bits per heavy atom. The number of hydrogen-bond donors (Lipinski definition) is 0. The third-order valence-corrected chi connectivity index (χ3v) is 3.07. The maximum atomic E-state index is 11.3. The van der Waals surface area contributed by atoms with Gasteiger partial charge >= 0.3 is 0 Å². The summed E-state index contributed by atoms with van der Waals surface area (Å²) in [6.07, 6.45) is 4.75. The lowest BCUT2D eigenvalue weighted by Crippen LogP contribution is -2.49. The fourth-order valence-electron chi connectivity index (χ4n) is 1.09. The second kappa shape index (κ2) is 3.35. The van der Waals surface area contributed by atoms with Gasteiger partial charge in [-0.3, -0.25) is 0 Å². The molecule has 1 heterocycles. The zero-order valence-corrected chi connectivity index (χ0v) is 9.80. The summed E-state index contributed by atoms with van der Waals surface area (Å²) < 4.78 is 24.5. The van der Waals surface area contributed by atoms with E-state index in [1.165, 1.54) is 6.26 Å². The average Bonchev–Trinajstić information content (AvgIpc) is 2.01. The minimum Gasteiger partial charge on any atom is -0.224 e. The zero-order chi connectivity index (χ0) is 11.0. The molecule has 0 amide bonds. The molecule has 0 aliphatic rings. The molecule has 0 unspecified atom stereocenters. The molecule has 78 valence electrons. The first-order chi connectivity index (χ1) is 6.21. The molecule has 0 radical (unpaired) electrons. The van der Waals surface area contributed by atoms with Gasteiger partial charge in [-0.05, 0) is 6.07 Å². The van der Waals surface area contributed by atoms with Gasteiger partial charge in [0.1, 0.15) is 4.90 Å². The van der Waals surface area contributed by atoms with Crippen molar-refractivity contribution >= 4 is 9.84 Å². The number of rotatable bonds is 1. The van der Waals surface area contributed by atoms with E-state index in [0.29, 0.717) is 4.90 Å². The smallest absolute Gasteiger partial charge is 0.187 e. The van der Waals surface area contributed by atoms with Crippen LogP contribution in [0.4, 0.5) is 0 Å². The predicted octanol–water partition coefficient (Wildman–Crippen LogP) is 1.13. The van der Waals surface area contributed by atoms with E-state index in [9.17, 15) is 8.42 Å². The lowest BCUT2D eigenvalue weighted by atomic mass is 10.1. The molecule has 0 bridgehead atoms. The molecule has 0 N–H and O–H groups in total. The highest BCUT2D eigenvalue weighted by Crippen LogP contribution is 2.08. The van der Waals surface area contributed by atoms with Crippen molar-refractivity contribution in [1.82, 2.24) is 0 Å². The summed E-state index contributed by atoms with van der Waals surface area (Å²) in [4.78, 5) is 0.356. The van der Waals surface area contributed by atoms with E-state index in [1.54, 1.807) is 18.3 Å². The lowest BCUT2D eigenvalue weighted by molar-refractivity contribution is -0.755. The van der Waals surface area contributed by atoms with Crippen LogP contribution in [0.25, 0.3) is 0 Å². The Hall–Kier alpha value is -0.900. The highest BCUT2D eigenvalue weighted by atomic mass is 32.2. The van der Waals surface area contributed by atoms with Gasteiger partial charge in [0.15, 0.2) is 27.8 Å². The standard InChI is InChI=1S/C10H16NO2S/c1-10(2,3)11-7-5-6-9(8-11)14(4,12)13/h5-8H,1-4H3/q+1. The fraction of sp³-hybridized carbons (Fsp3) is 0.500. The fourth-order valence-corrected chi connectivity index (χ4v) is 1.72. The van der Waals surface area contributed by atoms with Gasteiger partial charge in [0, 0.05) is 33.1 Å². The van der Waals surface area contributed by atoms with Crippen LogP contribution in [0.3, 0.4) is 0 Å². The summed E-state index contributed by atoms with van der Waals surface area (Å²) in [6, 6.07) is 3.36. The van der Waals surface area contributed by atoms with Crippen molar-refractivity contribution in [2.24, 2.45) is 0 Å². The summed E-state index contributed by atoms with van der Waals surface area (Å²) in [6.45, 7) is 6.08. The van der Waals surface area contributed by atoms with Crippen molar-refractivity contribution in [1.29, 1.82) is 0 Å². The topological polar surface area (TPSA) is 38.0 Å². The molecule has 0 spiro atoms. The van der Waals surface area contributed by atoms with E-state index < -0.39 is 9.84 Å². The van der Waals surface area contributed by atoms with E-state index in [4.69, 9.17) is 0 Å². The second-order valence-electron chi connectivity index (χ2n) is 4.39. The molecule has 1 rings (SSSR count). The Labute approximate surface area is 85.3 Å². The molecule has 14 heavy (non-hydrogen) atoms. The van der Waals surface area contributed by atoms with Gasteiger partial charge in [-0.1, -0.05) is 0 Å². The van der Waals surface area contributed by atoms with Crippen molar-refractivity contribution in [3.8, 4) is 0 Å². The molecule has 1 aromatic heterocycles. The Morgan fingerprint density at radius 2 is 1.86 bits per heavy atom. The molecule has 3 nitrogen and oxygen atoms in total. The first-order valence-electron chi connectivity index (χ1n) is 4.43. The van der Waals surface area contributed by atoms with E-state index >= 15 is 0 Å². The molecule has 0 saturated heterocycles. The third-order valence-electron chi connectivity index (χ3n) is 1.98. The first kappa shape index (κ1) is 11.2. The van der Waals surface area contributed by atoms with Crippen LogP contribution in [0.15, 0.2) is 29.4 Å². The van der Waals surface area contributed by atoms with Gasteiger partial charge in [0.2, 0.25) is 0 Å². The molecule has 0 atom stereocenters. The molecule has 0 aliphatic carbocycles. The van der Waals surface area contributed by atoms with Crippen LogP contribution in [0.5, 0.6) is 0 Å². The molecule has 1 aromatic rings. The molecule has 0 saturated carbocycles. The predicted molar refractivity (Wildman–Crippen MR) is 54.7 cm³/mol. The monoisotopic (exact) mass is 214 g/mol. The minimum atomic E-state index is -3.11. The normalized spacial score (nSPS) is 12.9. The van der Waals surface area contributed by atoms with Crippen molar-refractivity contribution in [3.63, 3.8) is 0 Å².